The molecule has 2 heterocycles. The summed E-state index contributed by atoms with van der Waals surface area (Å²) in [6, 6.07) is 10.7. The third-order valence-electron chi connectivity index (χ3n) is 7.03. The topological polar surface area (TPSA) is 41.9 Å². The SMILES string of the molecule is CC12CN(Cc3ccccc3)CCC1(CO)C2COC1CCCCO1. The summed E-state index contributed by atoms with van der Waals surface area (Å²) < 4.78 is 11.8. The molecule has 0 bridgehead atoms. The smallest absolute Gasteiger partial charge is 0.157 e. The maximum absolute atomic E-state index is 10.1. The summed E-state index contributed by atoms with van der Waals surface area (Å²) in [4.78, 5) is 2.54. The summed E-state index contributed by atoms with van der Waals surface area (Å²) in [6.45, 7) is 7.27. The lowest BCUT2D eigenvalue weighted by molar-refractivity contribution is -0.167. The quantitative estimate of drug-likeness (QED) is 0.860. The molecule has 4 rings (SSSR count). The minimum atomic E-state index is -0.0313. The maximum Gasteiger partial charge on any atom is 0.157 e. The van der Waals surface area contributed by atoms with E-state index in [-0.39, 0.29) is 23.7 Å². The van der Waals surface area contributed by atoms with Crippen LogP contribution in [0.4, 0.5) is 0 Å². The molecular weight excluding hydrogens is 314 g/mol. The van der Waals surface area contributed by atoms with Crippen molar-refractivity contribution < 1.29 is 14.6 Å². The van der Waals surface area contributed by atoms with Crippen LogP contribution in [0.25, 0.3) is 0 Å². The van der Waals surface area contributed by atoms with Gasteiger partial charge in [-0.3, -0.25) is 4.90 Å². The first-order valence-corrected chi connectivity index (χ1v) is 9.78. The summed E-state index contributed by atoms with van der Waals surface area (Å²) in [7, 11) is 0. The van der Waals surface area contributed by atoms with Gasteiger partial charge in [-0.25, -0.2) is 0 Å². The first-order chi connectivity index (χ1) is 12.2. The van der Waals surface area contributed by atoms with Gasteiger partial charge in [-0.1, -0.05) is 37.3 Å². The molecule has 3 fully saturated rings. The number of aliphatic hydroxyl groups excluding tert-OH is 1. The van der Waals surface area contributed by atoms with Gasteiger partial charge in [0.05, 0.1) is 6.61 Å². The number of rotatable bonds is 6. The molecule has 2 saturated heterocycles. The van der Waals surface area contributed by atoms with Gasteiger partial charge >= 0.3 is 0 Å². The summed E-state index contributed by atoms with van der Waals surface area (Å²) >= 11 is 0. The minimum Gasteiger partial charge on any atom is -0.396 e. The first-order valence-electron chi connectivity index (χ1n) is 9.78. The molecule has 0 amide bonds. The van der Waals surface area contributed by atoms with Gasteiger partial charge in [-0.05, 0) is 49.1 Å². The lowest BCUT2D eigenvalue weighted by Gasteiger charge is -2.35. The van der Waals surface area contributed by atoms with Crippen molar-refractivity contribution in [1.29, 1.82) is 0 Å². The third-order valence-corrected chi connectivity index (χ3v) is 7.03. The molecule has 3 aliphatic rings. The Morgan fingerprint density at radius 3 is 2.84 bits per heavy atom. The molecule has 1 aliphatic carbocycles. The van der Waals surface area contributed by atoms with E-state index in [9.17, 15) is 5.11 Å². The number of piperidine rings is 1. The van der Waals surface area contributed by atoms with Crippen LogP contribution in [-0.2, 0) is 16.0 Å². The van der Waals surface area contributed by atoms with Gasteiger partial charge in [-0.2, -0.15) is 0 Å². The van der Waals surface area contributed by atoms with Crippen LogP contribution in [0.5, 0.6) is 0 Å². The van der Waals surface area contributed by atoms with Crippen molar-refractivity contribution in [3.05, 3.63) is 35.9 Å². The zero-order valence-corrected chi connectivity index (χ0v) is 15.3. The number of aliphatic hydroxyl groups is 1. The lowest BCUT2D eigenvalue weighted by Crippen LogP contribution is -2.40. The average Bonchev–Trinajstić information content (AvgIpc) is 3.19. The largest absolute Gasteiger partial charge is 0.396 e. The molecule has 0 radical (unpaired) electrons. The number of hydrogen-bond acceptors (Lipinski definition) is 4. The van der Waals surface area contributed by atoms with Crippen LogP contribution in [0.3, 0.4) is 0 Å². The Morgan fingerprint density at radius 2 is 2.12 bits per heavy atom. The number of benzene rings is 1. The van der Waals surface area contributed by atoms with Gasteiger partial charge < -0.3 is 14.6 Å². The van der Waals surface area contributed by atoms with Gasteiger partial charge in [0.1, 0.15) is 0 Å². The first kappa shape index (κ1) is 17.5. The van der Waals surface area contributed by atoms with Gasteiger partial charge in [0, 0.05) is 31.7 Å². The van der Waals surface area contributed by atoms with Crippen LogP contribution < -0.4 is 0 Å². The standard InChI is InChI=1S/C21H31NO3/c1-20-15-22(13-17-7-3-2-4-8-17)11-10-21(20,16-23)18(20)14-25-19-9-5-6-12-24-19/h2-4,7-8,18-19,23H,5-6,9-16H2,1H3. The monoisotopic (exact) mass is 345 g/mol. The van der Waals surface area contributed by atoms with Crippen LogP contribution in [0.15, 0.2) is 30.3 Å². The Balaban J connectivity index is 1.37. The Morgan fingerprint density at radius 1 is 1.28 bits per heavy atom. The number of hydrogen-bond donors (Lipinski definition) is 1. The molecule has 1 aromatic rings. The van der Waals surface area contributed by atoms with Crippen molar-refractivity contribution in [2.45, 2.75) is 45.4 Å². The Labute approximate surface area is 151 Å². The molecule has 25 heavy (non-hydrogen) atoms. The van der Waals surface area contributed by atoms with E-state index in [1.165, 1.54) is 12.0 Å². The van der Waals surface area contributed by atoms with E-state index in [4.69, 9.17) is 9.47 Å². The molecule has 0 aromatic heterocycles. The molecular formula is C21H31NO3. The lowest BCUT2D eigenvalue weighted by atomic mass is 9.87. The maximum atomic E-state index is 10.1. The van der Waals surface area contributed by atoms with Crippen molar-refractivity contribution in [3.63, 3.8) is 0 Å². The summed E-state index contributed by atoms with van der Waals surface area (Å²) in [5.74, 6) is 0.441. The van der Waals surface area contributed by atoms with Gasteiger partial charge in [0.15, 0.2) is 6.29 Å². The average molecular weight is 345 g/mol. The zero-order chi connectivity index (χ0) is 17.3. The van der Waals surface area contributed by atoms with Gasteiger partial charge in [-0.15, -0.1) is 0 Å². The van der Waals surface area contributed by atoms with E-state index in [2.05, 4.69) is 42.2 Å². The van der Waals surface area contributed by atoms with E-state index in [1.54, 1.807) is 0 Å². The van der Waals surface area contributed by atoms with Crippen molar-refractivity contribution in [1.82, 2.24) is 4.90 Å². The van der Waals surface area contributed by atoms with E-state index in [0.29, 0.717) is 5.92 Å². The highest BCUT2D eigenvalue weighted by molar-refractivity contribution is 5.23. The highest BCUT2D eigenvalue weighted by atomic mass is 16.7. The summed E-state index contributed by atoms with van der Waals surface area (Å²) in [5, 5.41) is 10.1. The Hall–Kier alpha value is -0.940. The summed E-state index contributed by atoms with van der Waals surface area (Å²) in [6.07, 6.45) is 4.39. The fraction of sp³-hybridized carbons (Fsp3) is 0.714. The van der Waals surface area contributed by atoms with Gasteiger partial charge in [0.2, 0.25) is 0 Å². The van der Waals surface area contributed by atoms with Crippen molar-refractivity contribution in [2.75, 3.05) is 32.9 Å². The van der Waals surface area contributed by atoms with Crippen molar-refractivity contribution in [3.8, 4) is 0 Å². The van der Waals surface area contributed by atoms with Crippen LogP contribution in [-0.4, -0.2) is 49.2 Å². The van der Waals surface area contributed by atoms with Crippen molar-refractivity contribution >= 4 is 0 Å². The Bertz CT molecular complexity index is 574. The molecule has 4 unspecified atom stereocenters. The fourth-order valence-corrected chi connectivity index (χ4v) is 5.32. The molecule has 138 valence electrons. The van der Waals surface area contributed by atoms with Crippen LogP contribution >= 0.6 is 0 Å². The molecule has 1 N–H and O–H groups in total. The number of ether oxygens (including phenoxy) is 2. The number of likely N-dealkylation sites (tertiary alicyclic amines) is 1. The molecule has 1 saturated carbocycles. The number of nitrogens with zero attached hydrogens (tertiary/aromatic N) is 1. The van der Waals surface area contributed by atoms with Crippen LogP contribution in [0, 0.1) is 16.7 Å². The molecule has 4 atom stereocenters. The van der Waals surface area contributed by atoms with E-state index >= 15 is 0 Å². The van der Waals surface area contributed by atoms with Crippen LogP contribution in [0.1, 0.15) is 38.2 Å². The Kier molecular flexibility index (Phi) is 4.89. The predicted molar refractivity (Wildman–Crippen MR) is 97.0 cm³/mol. The predicted octanol–water partition coefficient (Wildman–Crippen LogP) is 3.05. The second kappa shape index (κ2) is 6.99. The van der Waals surface area contributed by atoms with Gasteiger partial charge in [0.25, 0.3) is 0 Å². The highest BCUT2D eigenvalue weighted by Crippen LogP contribution is 2.72. The van der Waals surface area contributed by atoms with E-state index in [1.807, 2.05) is 0 Å². The fourth-order valence-electron chi connectivity index (χ4n) is 5.32. The zero-order valence-electron chi connectivity index (χ0n) is 15.3. The molecule has 4 nitrogen and oxygen atoms in total. The van der Waals surface area contributed by atoms with E-state index in [0.717, 1.165) is 52.1 Å². The van der Waals surface area contributed by atoms with Crippen molar-refractivity contribution in [2.24, 2.45) is 16.7 Å². The van der Waals surface area contributed by atoms with E-state index < -0.39 is 0 Å². The molecule has 0 spiro atoms. The molecule has 2 aliphatic heterocycles. The number of fused-ring (bicyclic) bond motifs is 1. The second-order valence-electron chi connectivity index (χ2n) is 8.36. The minimum absolute atomic E-state index is 0.0313. The molecule has 4 heteroatoms. The summed E-state index contributed by atoms with van der Waals surface area (Å²) in [5.41, 5.74) is 1.57. The van der Waals surface area contributed by atoms with Crippen LogP contribution in [0.2, 0.25) is 0 Å². The third kappa shape index (κ3) is 3.14. The second-order valence-corrected chi connectivity index (χ2v) is 8.36. The normalized spacial score (nSPS) is 38.3. The molecule has 1 aromatic carbocycles. The highest BCUT2D eigenvalue weighted by Gasteiger charge is 2.74.